The minimum Gasteiger partial charge on any atom is -0.493 e. The third kappa shape index (κ3) is 2.96. The van der Waals surface area contributed by atoms with Crippen molar-refractivity contribution in [2.75, 3.05) is 6.61 Å². The fourth-order valence-corrected chi connectivity index (χ4v) is 2.95. The van der Waals surface area contributed by atoms with Crippen LogP contribution in [0.4, 0.5) is 0 Å². The van der Waals surface area contributed by atoms with Crippen LogP contribution in [0, 0.1) is 19.8 Å². The standard InChI is InChI=1S/C18H20O5/c1-10-13-6-7-15(22-9-12-4-3-5-12)11(2)17(13)23-18(21)14(10)8-16(19)20/h6-7,12H,3-5,8-9H2,1-2H3,(H,19,20). The molecule has 0 unspecified atom stereocenters. The lowest BCUT2D eigenvalue weighted by molar-refractivity contribution is -0.136. The molecule has 1 aromatic heterocycles. The molecule has 23 heavy (non-hydrogen) atoms. The van der Waals surface area contributed by atoms with E-state index in [9.17, 15) is 9.59 Å². The lowest BCUT2D eigenvalue weighted by atomic mass is 9.86. The molecule has 0 aliphatic heterocycles. The number of ether oxygens (including phenoxy) is 1. The molecule has 1 heterocycles. The van der Waals surface area contributed by atoms with Crippen molar-refractivity contribution in [2.24, 2.45) is 5.92 Å². The molecule has 0 radical (unpaired) electrons. The molecule has 1 aromatic carbocycles. The first-order chi connectivity index (χ1) is 11.0. The average molecular weight is 316 g/mol. The van der Waals surface area contributed by atoms with Crippen LogP contribution in [0.1, 0.15) is 36.0 Å². The molecular weight excluding hydrogens is 296 g/mol. The maximum absolute atomic E-state index is 12.1. The highest BCUT2D eigenvalue weighted by molar-refractivity contribution is 5.86. The van der Waals surface area contributed by atoms with Crippen LogP contribution < -0.4 is 10.4 Å². The number of rotatable bonds is 5. The van der Waals surface area contributed by atoms with E-state index in [0.717, 1.165) is 16.7 Å². The van der Waals surface area contributed by atoms with Crippen molar-refractivity contribution < 1.29 is 19.1 Å². The highest BCUT2D eigenvalue weighted by Crippen LogP contribution is 2.32. The Morgan fingerprint density at radius 1 is 1.30 bits per heavy atom. The van der Waals surface area contributed by atoms with E-state index in [4.69, 9.17) is 14.3 Å². The van der Waals surface area contributed by atoms with Crippen LogP contribution in [0.5, 0.6) is 5.75 Å². The van der Waals surface area contributed by atoms with Gasteiger partial charge in [-0.05, 0) is 50.3 Å². The maximum Gasteiger partial charge on any atom is 0.340 e. The summed E-state index contributed by atoms with van der Waals surface area (Å²) in [6, 6.07) is 3.70. The van der Waals surface area contributed by atoms with Gasteiger partial charge in [0, 0.05) is 10.9 Å². The van der Waals surface area contributed by atoms with Crippen molar-refractivity contribution in [2.45, 2.75) is 39.5 Å². The number of carboxylic acids is 1. The Morgan fingerprint density at radius 2 is 2.04 bits per heavy atom. The van der Waals surface area contributed by atoms with Gasteiger partial charge in [-0.15, -0.1) is 0 Å². The van der Waals surface area contributed by atoms with Gasteiger partial charge < -0.3 is 14.3 Å². The van der Waals surface area contributed by atoms with Crippen molar-refractivity contribution in [3.05, 3.63) is 39.2 Å². The van der Waals surface area contributed by atoms with Crippen molar-refractivity contribution in [1.29, 1.82) is 0 Å². The van der Waals surface area contributed by atoms with E-state index in [1.165, 1.54) is 19.3 Å². The van der Waals surface area contributed by atoms with E-state index < -0.39 is 11.6 Å². The summed E-state index contributed by atoms with van der Waals surface area (Å²) in [5.74, 6) is 0.298. The summed E-state index contributed by atoms with van der Waals surface area (Å²) in [6.45, 7) is 4.30. The van der Waals surface area contributed by atoms with E-state index >= 15 is 0 Å². The van der Waals surface area contributed by atoms with Crippen molar-refractivity contribution >= 4 is 16.9 Å². The second-order valence-corrected chi connectivity index (χ2v) is 6.24. The van der Waals surface area contributed by atoms with Gasteiger partial charge in [-0.2, -0.15) is 0 Å². The first kappa shape index (κ1) is 15.6. The Balaban J connectivity index is 2.00. The molecule has 0 bridgehead atoms. The summed E-state index contributed by atoms with van der Waals surface area (Å²) in [6.07, 6.45) is 3.35. The van der Waals surface area contributed by atoms with Crippen LogP contribution in [0.2, 0.25) is 0 Å². The SMILES string of the molecule is Cc1c(CC(=O)O)c(=O)oc2c(C)c(OCC3CCC3)ccc12. The van der Waals surface area contributed by atoms with Gasteiger partial charge in [-0.25, -0.2) is 4.79 Å². The van der Waals surface area contributed by atoms with E-state index in [2.05, 4.69) is 0 Å². The molecule has 1 aliphatic carbocycles. The topological polar surface area (TPSA) is 76.7 Å². The Hall–Kier alpha value is -2.30. The van der Waals surface area contributed by atoms with Crippen LogP contribution >= 0.6 is 0 Å². The van der Waals surface area contributed by atoms with Gasteiger partial charge in [0.15, 0.2) is 0 Å². The summed E-state index contributed by atoms with van der Waals surface area (Å²) in [5.41, 5.74) is 1.54. The monoisotopic (exact) mass is 316 g/mol. The van der Waals surface area contributed by atoms with Gasteiger partial charge in [0.05, 0.1) is 18.6 Å². The zero-order valence-corrected chi connectivity index (χ0v) is 13.3. The van der Waals surface area contributed by atoms with Crippen molar-refractivity contribution in [3.63, 3.8) is 0 Å². The number of hydrogen-bond donors (Lipinski definition) is 1. The number of fused-ring (bicyclic) bond motifs is 1. The zero-order chi connectivity index (χ0) is 16.6. The van der Waals surface area contributed by atoms with Gasteiger partial charge in [-0.3, -0.25) is 4.79 Å². The molecule has 1 fully saturated rings. The first-order valence-electron chi connectivity index (χ1n) is 7.88. The molecule has 0 saturated heterocycles. The molecule has 3 rings (SSSR count). The van der Waals surface area contributed by atoms with E-state index in [0.29, 0.717) is 23.7 Å². The van der Waals surface area contributed by atoms with E-state index in [-0.39, 0.29) is 12.0 Å². The van der Waals surface area contributed by atoms with Crippen LogP contribution in [-0.4, -0.2) is 17.7 Å². The zero-order valence-electron chi connectivity index (χ0n) is 13.3. The maximum atomic E-state index is 12.1. The summed E-state index contributed by atoms with van der Waals surface area (Å²) in [7, 11) is 0. The third-order valence-corrected chi connectivity index (χ3v) is 4.68. The van der Waals surface area contributed by atoms with Gasteiger partial charge in [-0.1, -0.05) is 6.42 Å². The number of benzene rings is 1. The third-order valence-electron chi connectivity index (χ3n) is 4.68. The minimum atomic E-state index is -1.04. The quantitative estimate of drug-likeness (QED) is 0.857. The molecule has 1 aliphatic rings. The van der Waals surface area contributed by atoms with E-state index in [1.54, 1.807) is 6.92 Å². The lowest BCUT2D eigenvalue weighted by Crippen LogP contribution is -2.19. The Labute approximate surface area is 133 Å². The second kappa shape index (κ2) is 6.07. The molecule has 5 heteroatoms. The normalized spacial score (nSPS) is 14.7. The molecule has 0 spiro atoms. The Kier molecular flexibility index (Phi) is 4.11. The second-order valence-electron chi connectivity index (χ2n) is 6.24. The highest BCUT2D eigenvalue weighted by Gasteiger charge is 2.20. The molecular formula is C18H20O5. The highest BCUT2D eigenvalue weighted by atomic mass is 16.5. The summed E-state index contributed by atoms with van der Waals surface area (Å²) >= 11 is 0. The van der Waals surface area contributed by atoms with E-state index in [1.807, 2.05) is 19.1 Å². The molecule has 122 valence electrons. The lowest BCUT2D eigenvalue weighted by Gasteiger charge is -2.25. The number of aryl methyl sites for hydroxylation is 2. The van der Waals surface area contributed by atoms with Gasteiger partial charge in [0.2, 0.25) is 0 Å². The van der Waals surface area contributed by atoms with Gasteiger partial charge in [0.25, 0.3) is 0 Å². The van der Waals surface area contributed by atoms with Crippen molar-refractivity contribution in [3.8, 4) is 5.75 Å². The fraction of sp³-hybridized carbons (Fsp3) is 0.444. The molecule has 2 aromatic rings. The van der Waals surface area contributed by atoms with Crippen LogP contribution in [0.15, 0.2) is 21.3 Å². The summed E-state index contributed by atoms with van der Waals surface area (Å²) < 4.78 is 11.3. The fourth-order valence-electron chi connectivity index (χ4n) is 2.95. The predicted molar refractivity (Wildman–Crippen MR) is 86.1 cm³/mol. The average Bonchev–Trinajstić information content (AvgIpc) is 2.44. The minimum absolute atomic E-state index is 0.201. The number of carbonyl (C=O) groups is 1. The molecule has 1 N–H and O–H groups in total. The molecule has 0 amide bonds. The van der Waals surface area contributed by atoms with Crippen LogP contribution in [-0.2, 0) is 11.2 Å². The van der Waals surface area contributed by atoms with Crippen molar-refractivity contribution in [1.82, 2.24) is 0 Å². The van der Waals surface area contributed by atoms with Gasteiger partial charge in [0.1, 0.15) is 11.3 Å². The molecule has 0 atom stereocenters. The Bertz CT molecular complexity index is 814. The van der Waals surface area contributed by atoms with Crippen LogP contribution in [0.3, 0.4) is 0 Å². The number of hydrogen-bond acceptors (Lipinski definition) is 4. The first-order valence-corrected chi connectivity index (χ1v) is 7.88. The smallest absolute Gasteiger partial charge is 0.340 e. The van der Waals surface area contributed by atoms with Gasteiger partial charge >= 0.3 is 11.6 Å². The predicted octanol–water partition coefficient (Wildman–Crippen LogP) is 3.22. The van der Waals surface area contributed by atoms with Crippen LogP contribution in [0.25, 0.3) is 11.0 Å². The molecule has 5 nitrogen and oxygen atoms in total. The summed E-state index contributed by atoms with van der Waals surface area (Å²) in [4.78, 5) is 23.0. The molecule has 1 saturated carbocycles. The summed E-state index contributed by atoms with van der Waals surface area (Å²) in [5, 5.41) is 9.70. The Morgan fingerprint density at radius 3 is 2.65 bits per heavy atom. The largest absolute Gasteiger partial charge is 0.493 e. The number of aliphatic carboxylic acids is 1. The number of carboxylic acid groups (broad SMARTS) is 1.